The number of fused-ring (bicyclic) bond motifs is 1. The maximum absolute atomic E-state index is 14.4. The molecule has 3 heterocycles. The number of rotatable bonds is 3. The quantitative estimate of drug-likeness (QED) is 0.369. The minimum atomic E-state index is -4.75. The van der Waals surface area contributed by atoms with E-state index in [1.54, 1.807) is 0 Å². The summed E-state index contributed by atoms with van der Waals surface area (Å²) in [7, 11) is 1.22. The van der Waals surface area contributed by atoms with Gasteiger partial charge in [0.2, 0.25) is 5.91 Å². The molecule has 13 heteroatoms. The topological polar surface area (TPSA) is 49.3 Å². The van der Waals surface area contributed by atoms with Crippen LogP contribution in [0.15, 0.2) is 42.6 Å². The molecule has 0 aliphatic carbocycles. The fourth-order valence-corrected chi connectivity index (χ4v) is 4.13. The Morgan fingerprint density at radius 1 is 1.06 bits per heavy atom. The standard InChI is InChI=1S/C23H16ClF7N4O/c1-11-5-13(22(26,27)28)8-19(33-11)35-18(7-12-6-14(23(29,30)31)10-32-20(12)35)21(36)34(2)17-9-15(24)3-4-16(17)25/h3-6,8-10,18H,7H2,1-2H3. The van der Waals surface area contributed by atoms with Gasteiger partial charge >= 0.3 is 12.4 Å². The van der Waals surface area contributed by atoms with Crippen molar-refractivity contribution in [3.63, 3.8) is 0 Å². The largest absolute Gasteiger partial charge is 0.417 e. The lowest BCUT2D eigenvalue weighted by Crippen LogP contribution is -2.45. The average molecular weight is 533 g/mol. The molecule has 1 amide bonds. The van der Waals surface area contributed by atoms with Crippen LogP contribution >= 0.6 is 11.6 Å². The second kappa shape index (κ2) is 8.91. The molecule has 36 heavy (non-hydrogen) atoms. The first kappa shape index (κ1) is 25.7. The van der Waals surface area contributed by atoms with Gasteiger partial charge in [0, 0.05) is 30.4 Å². The summed E-state index contributed by atoms with van der Waals surface area (Å²) in [6.45, 7) is 1.31. The second-order valence-corrected chi connectivity index (χ2v) is 8.58. The van der Waals surface area contributed by atoms with Crippen molar-refractivity contribution in [2.45, 2.75) is 31.7 Å². The number of halogens is 8. The molecule has 3 aromatic rings. The molecular weight excluding hydrogens is 517 g/mol. The van der Waals surface area contributed by atoms with Crippen LogP contribution in [-0.4, -0.2) is 29.0 Å². The van der Waals surface area contributed by atoms with Crippen LogP contribution in [-0.2, 0) is 23.6 Å². The van der Waals surface area contributed by atoms with Gasteiger partial charge in [-0.3, -0.25) is 9.69 Å². The van der Waals surface area contributed by atoms with E-state index in [1.807, 2.05) is 0 Å². The zero-order valence-electron chi connectivity index (χ0n) is 18.5. The Bertz CT molecular complexity index is 1340. The summed E-state index contributed by atoms with van der Waals surface area (Å²) in [4.78, 5) is 23.3. The fourth-order valence-electron chi connectivity index (χ4n) is 3.96. The van der Waals surface area contributed by atoms with Crippen molar-refractivity contribution in [3.8, 4) is 0 Å². The Morgan fingerprint density at radius 3 is 2.36 bits per heavy atom. The van der Waals surface area contributed by atoms with Gasteiger partial charge in [-0.05, 0) is 48.9 Å². The molecule has 1 unspecified atom stereocenters. The number of likely N-dealkylation sites (N-methyl/N-ethyl adjacent to an activating group) is 1. The van der Waals surface area contributed by atoms with Crippen molar-refractivity contribution in [3.05, 3.63) is 75.8 Å². The van der Waals surface area contributed by atoms with Crippen LogP contribution in [0.5, 0.6) is 0 Å². The number of amides is 1. The number of alkyl halides is 6. The molecule has 2 aromatic heterocycles. The van der Waals surface area contributed by atoms with Crippen LogP contribution in [0.4, 0.5) is 48.1 Å². The Kier molecular flexibility index (Phi) is 6.36. The van der Waals surface area contributed by atoms with Gasteiger partial charge in [0.15, 0.2) is 0 Å². The van der Waals surface area contributed by atoms with Gasteiger partial charge in [0.1, 0.15) is 23.5 Å². The lowest BCUT2D eigenvalue weighted by Gasteiger charge is -2.29. The van der Waals surface area contributed by atoms with Crippen molar-refractivity contribution in [2.75, 3.05) is 16.8 Å². The molecule has 0 saturated heterocycles. The predicted octanol–water partition coefficient (Wildman–Crippen LogP) is 6.34. The number of hydrogen-bond donors (Lipinski definition) is 0. The van der Waals surface area contributed by atoms with E-state index < -0.39 is 41.2 Å². The van der Waals surface area contributed by atoms with Crippen molar-refractivity contribution < 1.29 is 35.5 Å². The summed E-state index contributed by atoms with van der Waals surface area (Å²) in [5.74, 6) is -2.12. The third-order valence-corrected chi connectivity index (χ3v) is 5.86. The molecule has 5 nitrogen and oxygen atoms in total. The Morgan fingerprint density at radius 2 is 1.72 bits per heavy atom. The molecule has 0 N–H and O–H groups in total. The number of benzene rings is 1. The minimum Gasteiger partial charge on any atom is -0.311 e. The first-order valence-corrected chi connectivity index (χ1v) is 10.7. The summed E-state index contributed by atoms with van der Waals surface area (Å²) in [6, 6.07) is 4.35. The summed E-state index contributed by atoms with van der Waals surface area (Å²) < 4.78 is 94.7. The number of hydrogen-bond acceptors (Lipinski definition) is 4. The molecule has 0 saturated carbocycles. The molecule has 0 radical (unpaired) electrons. The SMILES string of the molecule is Cc1cc(C(F)(F)F)cc(N2c3ncc(C(F)(F)F)cc3CC2C(=O)N(C)c2cc(Cl)ccc2F)n1. The van der Waals surface area contributed by atoms with Gasteiger partial charge in [-0.2, -0.15) is 26.3 Å². The summed E-state index contributed by atoms with van der Waals surface area (Å²) in [6.07, 6.45) is -9.30. The number of nitrogens with zero attached hydrogens (tertiary/aromatic N) is 4. The third kappa shape index (κ3) is 4.81. The molecule has 1 aliphatic rings. The van der Waals surface area contributed by atoms with Gasteiger partial charge in [-0.15, -0.1) is 0 Å². The van der Waals surface area contributed by atoms with Crippen LogP contribution in [0.1, 0.15) is 22.4 Å². The van der Waals surface area contributed by atoms with E-state index in [0.29, 0.717) is 12.3 Å². The average Bonchev–Trinajstić information content (AvgIpc) is 3.17. The Hall–Kier alpha value is -3.41. The second-order valence-electron chi connectivity index (χ2n) is 8.14. The molecule has 0 bridgehead atoms. The van der Waals surface area contributed by atoms with Gasteiger partial charge in [0.25, 0.3) is 0 Å². The van der Waals surface area contributed by atoms with Gasteiger partial charge in [0.05, 0.1) is 16.8 Å². The predicted molar refractivity (Wildman–Crippen MR) is 118 cm³/mol. The molecule has 1 aliphatic heterocycles. The minimum absolute atomic E-state index is 0.0278. The van der Waals surface area contributed by atoms with Crippen molar-refractivity contribution >= 4 is 34.8 Å². The van der Waals surface area contributed by atoms with Crippen LogP contribution in [0.25, 0.3) is 0 Å². The highest BCUT2D eigenvalue weighted by atomic mass is 35.5. The van der Waals surface area contributed by atoms with E-state index in [9.17, 15) is 35.5 Å². The molecule has 0 fully saturated rings. The number of carbonyl (C=O) groups is 1. The summed E-state index contributed by atoms with van der Waals surface area (Å²) in [5, 5.41) is 0.115. The monoisotopic (exact) mass is 532 g/mol. The normalized spacial score (nSPS) is 15.7. The maximum atomic E-state index is 14.4. The molecule has 1 aromatic carbocycles. The van der Waals surface area contributed by atoms with Crippen LogP contribution in [0.3, 0.4) is 0 Å². The van der Waals surface area contributed by atoms with Crippen LogP contribution < -0.4 is 9.80 Å². The van der Waals surface area contributed by atoms with Gasteiger partial charge < -0.3 is 4.90 Å². The van der Waals surface area contributed by atoms with E-state index >= 15 is 0 Å². The fraction of sp³-hybridized carbons (Fsp3) is 0.261. The zero-order valence-corrected chi connectivity index (χ0v) is 19.3. The summed E-state index contributed by atoms with van der Waals surface area (Å²) in [5.41, 5.74) is -2.44. The smallest absolute Gasteiger partial charge is 0.311 e. The van der Waals surface area contributed by atoms with Crippen molar-refractivity contribution in [1.29, 1.82) is 0 Å². The molecule has 4 rings (SSSR count). The number of anilines is 3. The van der Waals surface area contributed by atoms with Crippen molar-refractivity contribution in [2.24, 2.45) is 0 Å². The van der Waals surface area contributed by atoms with Gasteiger partial charge in [-0.1, -0.05) is 11.6 Å². The van der Waals surface area contributed by atoms with Crippen LogP contribution in [0, 0.1) is 12.7 Å². The summed E-state index contributed by atoms with van der Waals surface area (Å²) >= 11 is 5.91. The first-order chi connectivity index (χ1) is 16.7. The van der Waals surface area contributed by atoms with E-state index in [-0.39, 0.29) is 40.0 Å². The Balaban J connectivity index is 1.85. The number of pyridine rings is 2. The highest BCUT2D eigenvalue weighted by molar-refractivity contribution is 6.31. The lowest BCUT2D eigenvalue weighted by molar-refractivity contribution is -0.138. The maximum Gasteiger partial charge on any atom is 0.417 e. The van der Waals surface area contributed by atoms with E-state index in [4.69, 9.17) is 11.6 Å². The Labute approximate surface area is 205 Å². The zero-order chi connectivity index (χ0) is 26.6. The molecule has 1 atom stereocenters. The highest BCUT2D eigenvalue weighted by Gasteiger charge is 2.42. The number of carbonyl (C=O) groups excluding carboxylic acids is 1. The van der Waals surface area contributed by atoms with Crippen molar-refractivity contribution in [1.82, 2.24) is 9.97 Å². The molecule has 0 spiro atoms. The lowest BCUT2D eigenvalue weighted by atomic mass is 10.1. The van der Waals surface area contributed by atoms with E-state index in [0.717, 1.165) is 28.0 Å². The molecule has 190 valence electrons. The number of aryl methyl sites for hydroxylation is 1. The first-order valence-electron chi connectivity index (χ1n) is 10.3. The van der Waals surface area contributed by atoms with Crippen LogP contribution in [0.2, 0.25) is 5.02 Å². The molecular formula is C23H16ClF7N4O. The van der Waals surface area contributed by atoms with E-state index in [2.05, 4.69) is 9.97 Å². The van der Waals surface area contributed by atoms with Gasteiger partial charge in [-0.25, -0.2) is 14.4 Å². The van der Waals surface area contributed by atoms with E-state index in [1.165, 1.54) is 26.1 Å². The third-order valence-electron chi connectivity index (χ3n) is 5.62. The number of aromatic nitrogens is 2. The highest BCUT2D eigenvalue weighted by Crippen LogP contribution is 2.42.